The molecule has 1 aliphatic heterocycles. The summed E-state index contributed by atoms with van der Waals surface area (Å²) in [6, 6.07) is 4.87. The van der Waals surface area contributed by atoms with Crippen molar-refractivity contribution in [2.45, 2.75) is 25.7 Å². The van der Waals surface area contributed by atoms with Crippen LogP contribution in [-0.2, 0) is 0 Å². The molecule has 5 heteroatoms. The predicted octanol–water partition coefficient (Wildman–Crippen LogP) is 2.76. The van der Waals surface area contributed by atoms with Crippen LogP contribution in [0.25, 0.3) is 0 Å². The number of carbonyl (C=O) groups excluding carboxylic acids is 1. The Labute approximate surface area is 128 Å². The first kappa shape index (κ1) is 15.3. The molecule has 1 aromatic carbocycles. The fourth-order valence-electron chi connectivity index (χ4n) is 2.47. The number of piperidine rings is 1. The smallest absolute Gasteiger partial charge is 0.255 e. The number of phenols is 1. The summed E-state index contributed by atoms with van der Waals surface area (Å²) in [4.78, 5) is 14.4. The Bertz CT molecular complexity index is 459. The molecular formula is C15H21BrN2O2. The Balaban J connectivity index is 1.73. The zero-order valence-electron chi connectivity index (χ0n) is 11.6. The van der Waals surface area contributed by atoms with Gasteiger partial charge in [-0.2, -0.15) is 0 Å². The number of carbonyl (C=O) groups is 1. The van der Waals surface area contributed by atoms with Crippen LogP contribution >= 0.6 is 15.9 Å². The van der Waals surface area contributed by atoms with E-state index >= 15 is 0 Å². The first-order chi connectivity index (χ1) is 9.66. The van der Waals surface area contributed by atoms with Crippen LogP contribution in [-0.4, -0.2) is 42.1 Å². The highest BCUT2D eigenvalue weighted by Gasteiger charge is 2.12. The maximum Gasteiger partial charge on any atom is 0.255 e. The van der Waals surface area contributed by atoms with Crippen LogP contribution in [0.15, 0.2) is 22.7 Å². The third-order valence-electron chi connectivity index (χ3n) is 3.59. The Kier molecular flexibility index (Phi) is 5.86. The first-order valence-corrected chi connectivity index (χ1v) is 7.95. The molecule has 20 heavy (non-hydrogen) atoms. The Morgan fingerprint density at radius 3 is 2.80 bits per heavy atom. The second-order valence-electron chi connectivity index (χ2n) is 5.17. The number of rotatable bonds is 5. The predicted molar refractivity (Wildman–Crippen MR) is 83.0 cm³/mol. The molecule has 0 unspecified atom stereocenters. The zero-order valence-corrected chi connectivity index (χ0v) is 13.2. The molecule has 0 spiro atoms. The van der Waals surface area contributed by atoms with Crippen molar-refractivity contribution in [2.75, 3.05) is 26.2 Å². The second kappa shape index (κ2) is 7.64. The van der Waals surface area contributed by atoms with Crippen LogP contribution < -0.4 is 5.32 Å². The van der Waals surface area contributed by atoms with Gasteiger partial charge in [-0.05, 0) is 57.1 Å². The van der Waals surface area contributed by atoms with Crippen molar-refractivity contribution in [3.05, 3.63) is 28.2 Å². The number of likely N-dealkylation sites (tertiary alicyclic amines) is 1. The van der Waals surface area contributed by atoms with Gasteiger partial charge in [0, 0.05) is 11.0 Å². The van der Waals surface area contributed by atoms with Crippen molar-refractivity contribution < 1.29 is 9.90 Å². The quantitative estimate of drug-likeness (QED) is 0.810. The van der Waals surface area contributed by atoms with Gasteiger partial charge in [-0.15, -0.1) is 0 Å². The van der Waals surface area contributed by atoms with Gasteiger partial charge in [0.15, 0.2) is 0 Å². The normalized spacial score (nSPS) is 16.1. The van der Waals surface area contributed by atoms with Crippen molar-refractivity contribution in [3.63, 3.8) is 0 Å². The van der Waals surface area contributed by atoms with Crippen LogP contribution in [0.1, 0.15) is 36.0 Å². The number of phenolic OH excluding ortho intramolecular Hbond substituents is 1. The maximum atomic E-state index is 12.0. The van der Waals surface area contributed by atoms with Gasteiger partial charge >= 0.3 is 0 Å². The highest BCUT2D eigenvalue weighted by atomic mass is 79.9. The highest BCUT2D eigenvalue weighted by Crippen LogP contribution is 2.21. The van der Waals surface area contributed by atoms with E-state index in [-0.39, 0.29) is 11.7 Å². The molecule has 1 fully saturated rings. The fraction of sp³-hybridized carbons (Fsp3) is 0.533. The molecule has 0 bridgehead atoms. The van der Waals surface area contributed by atoms with Crippen LogP contribution in [0, 0.1) is 0 Å². The lowest BCUT2D eigenvalue weighted by atomic mass is 10.1. The van der Waals surface area contributed by atoms with Gasteiger partial charge in [-0.25, -0.2) is 0 Å². The molecule has 2 N–H and O–H groups in total. The summed E-state index contributed by atoms with van der Waals surface area (Å²) in [5.41, 5.74) is 0.317. The highest BCUT2D eigenvalue weighted by molar-refractivity contribution is 9.10. The van der Waals surface area contributed by atoms with Crippen molar-refractivity contribution in [1.29, 1.82) is 0 Å². The van der Waals surface area contributed by atoms with E-state index in [1.165, 1.54) is 38.4 Å². The van der Waals surface area contributed by atoms with E-state index in [1.54, 1.807) is 12.1 Å². The lowest BCUT2D eigenvalue weighted by Crippen LogP contribution is -2.33. The van der Waals surface area contributed by atoms with Crippen molar-refractivity contribution >= 4 is 21.8 Å². The summed E-state index contributed by atoms with van der Waals surface area (Å²) in [6.45, 7) is 4.03. The molecule has 1 aromatic rings. The number of aromatic hydroxyl groups is 1. The molecule has 0 saturated carbocycles. The Morgan fingerprint density at radius 1 is 1.30 bits per heavy atom. The van der Waals surface area contributed by atoms with Crippen molar-refractivity contribution in [3.8, 4) is 5.75 Å². The van der Waals surface area contributed by atoms with Crippen LogP contribution in [0.4, 0.5) is 0 Å². The lowest BCUT2D eigenvalue weighted by Gasteiger charge is -2.26. The average Bonchev–Trinajstić information content (AvgIpc) is 2.47. The summed E-state index contributed by atoms with van der Waals surface area (Å²) in [7, 11) is 0. The molecular weight excluding hydrogens is 320 g/mol. The number of nitrogens with one attached hydrogen (secondary N) is 1. The third-order valence-corrected chi connectivity index (χ3v) is 4.08. The Hall–Kier alpha value is -1.07. The summed E-state index contributed by atoms with van der Waals surface area (Å²) in [5, 5.41) is 12.5. The molecule has 1 amide bonds. The molecule has 2 rings (SSSR count). The van der Waals surface area contributed by atoms with Crippen molar-refractivity contribution in [2.24, 2.45) is 0 Å². The number of amides is 1. The van der Waals surface area contributed by atoms with Gasteiger partial charge in [0.05, 0.1) is 5.56 Å². The van der Waals surface area contributed by atoms with Crippen LogP contribution in [0.3, 0.4) is 0 Å². The summed E-state index contributed by atoms with van der Waals surface area (Å²) in [5.74, 6) is -0.204. The monoisotopic (exact) mass is 340 g/mol. The molecule has 1 heterocycles. The topological polar surface area (TPSA) is 52.6 Å². The minimum atomic E-state index is -0.220. The number of hydrogen-bond donors (Lipinski definition) is 2. The van der Waals surface area contributed by atoms with E-state index in [0.717, 1.165) is 17.4 Å². The molecule has 1 aliphatic rings. The fourth-order valence-corrected chi connectivity index (χ4v) is 2.83. The number of nitrogens with zero attached hydrogens (tertiary/aromatic N) is 1. The maximum absolute atomic E-state index is 12.0. The number of benzene rings is 1. The Morgan fingerprint density at radius 2 is 2.05 bits per heavy atom. The van der Waals surface area contributed by atoms with E-state index in [4.69, 9.17) is 0 Å². The molecule has 4 nitrogen and oxygen atoms in total. The average molecular weight is 341 g/mol. The van der Waals surface area contributed by atoms with E-state index in [0.29, 0.717) is 12.1 Å². The van der Waals surface area contributed by atoms with Gasteiger partial charge in [0.2, 0.25) is 0 Å². The number of hydrogen-bond acceptors (Lipinski definition) is 3. The lowest BCUT2D eigenvalue weighted by molar-refractivity contribution is 0.0948. The summed E-state index contributed by atoms with van der Waals surface area (Å²) < 4.78 is 0.786. The summed E-state index contributed by atoms with van der Waals surface area (Å²) >= 11 is 3.30. The largest absolute Gasteiger partial charge is 0.507 e. The van der Waals surface area contributed by atoms with Gasteiger partial charge in [0.1, 0.15) is 5.75 Å². The second-order valence-corrected chi connectivity index (χ2v) is 6.09. The minimum Gasteiger partial charge on any atom is -0.507 e. The minimum absolute atomic E-state index is 0.0155. The molecule has 0 atom stereocenters. The summed E-state index contributed by atoms with van der Waals surface area (Å²) in [6.07, 6.45) is 4.87. The van der Waals surface area contributed by atoms with Crippen LogP contribution in [0.5, 0.6) is 5.75 Å². The molecule has 0 aliphatic carbocycles. The third kappa shape index (κ3) is 4.49. The molecule has 1 saturated heterocycles. The van der Waals surface area contributed by atoms with Gasteiger partial charge in [-0.3, -0.25) is 4.79 Å². The SMILES string of the molecule is O=C(NCCCN1CCCCC1)c1cc(Br)ccc1O. The molecule has 110 valence electrons. The number of halogens is 1. The van der Waals surface area contributed by atoms with Gasteiger partial charge in [-0.1, -0.05) is 22.4 Å². The van der Waals surface area contributed by atoms with Gasteiger partial charge < -0.3 is 15.3 Å². The van der Waals surface area contributed by atoms with E-state index in [2.05, 4.69) is 26.1 Å². The zero-order chi connectivity index (χ0) is 14.4. The molecule has 0 radical (unpaired) electrons. The molecule has 0 aromatic heterocycles. The first-order valence-electron chi connectivity index (χ1n) is 7.16. The van der Waals surface area contributed by atoms with Crippen LogP contribution in [0.2, 0.25) is 0 Å². The van der Waals surface area contributed by atoms with E-state index < -0.39 is 0 Å². The van der Waals surface area contributed by atoms with E-state index in [9.17, 15) is 9.90 Å². The standard InChI is InChI=1S/C15H21BrN2O2/c16-12-5-6-14(19)13(11-12)15(20)17-7-4-10-18-8-2-1-3-9-18/h5-6,11,19H,1-4,7-10H2,(H,17,20). The van der Waals surface area contributed by atoms with Gasteiger partial charge in [0.25, 0.3) is 5.91 Å². The van der Waals surface area contributed by atoms with E-state index in [1.807, 2.05) is 0 Å². The van der Waals surface area contributed by atoms with Crippen molar-refractivity contribution in [1.82, 2.24) is 10.2 Å².